The first kappa shape index (κ1) is 16.2. The van der Waals surface area contributed by atoms with Crippen LogP contribution in [0.25, 0.3) is 0 Å². The number of halogens is 1. The highest BCUT2D eigenvalue weighted by molar-refractivity contribution is 6.30. The van der Waals surface area contributed by atoms with Crippen LogP contribution in [0.15, 0.2) is 0 Å². The number of anilines is 1. The van der Waals surface area contributed by atoms with Crippen LogP contribution in [-0.4, -0.2) is 27.7 Å². The summed E-state index contributed by atoms with van der Waals surface area (Å²) in [6.07, 6.45) is 1.37. The third kappa shape index (κ3) is 4.62. The standard InChI is InChI=1S/C14H24ClN3O/c1-6-7-10(19)8-16-12-9(2)11(15)17-13(18-12)14(3,4)5/h10,19H,6-8H2,1-5H3,(H,16,17,18). The number of hydrogen-bond donors (Lipinski definition) is 2. The van der Waals surface area contributed by atoms with Gasteiger partial charge in [-0.1, -0.05) is 45.7 Å². The molecule has 0 radical (unpaired) electrons. The highest BCUT2D eigenvalue weighted by Crippen LogP contribution is 2.26. The molecule has 0 bridgehead atoms. The molecule has 1 aromatic rings. The van der Waals surface area contributed by atoms with Gasteiger partial charge in [-0.25, -0.2) is 9.97 Å². The van der Waals surface area contributed by atoms with Gasteiger partial charge < -0.3 is 10.4 Å². The molecular weight excluding hydrogens is 262 g/mol. The van der Waals surface area contributed by atoms with E-state index in [9.17, 15) is 5.11 Å². The van der Waals surface area contributed by atoms with E-state index in [0.29, 0.717) is 23.3 Å². The maximum absolute atomic E-state index is 9.76. The van der Waals surface area contributed by atoms with E-state index < -0.39 is 0 Å². The van der Waals surface area contributed by atoms with Gasteiger partial charge in [0.05, 0.1) is 6.10 Å². The molecule has 19 heavy (non-hydrogen) atoms. The zero-order chi connectivity index (χ0) is 14.6. The predicted molar refractivity (Wildman–Crippen MR) is 79.9 cm³/mol. The summed E-state index contributed by atoms with van der Waals surface area (Å²) >= 11 is 6.15. The van der Waals surface area contributed by atoms with Crippen LogP contribution >= 0.6 is 11.6 Å². The topological polar surface area (TPSA) is 58.0 Å². The van der Waals surface area contributed by atoms with Crippen molar-refractivity contribution in [2.24, 2.45) is 0 Å². The maximum Gasteiger partial charge on any atom is 0.137 e. The molecule has 0 aliphatic heterocycles. The molecule has 0 aliphatic rings. The van der Waals surface area contributed by atoms with E-state index in [-0.39, 0.29) is 11.5 Å². The van der Waals surface area contributed by atoms with E-state index in [1.165, 1.54) is 0 Å². The Morgan fingerprint density at radius 3 is 2.47 bits per heavy atom. The molecule has 1 atom stereocenters. The third-order valence-corrected chi connectivity index (χ3v) is 3.25. The summed E-state index contributed by atoms with van der Waals surface area (Å²) < 4.78 is 0. The molecule has 108 valence electrons. The van der Waals surface area contributed by atoms with E-state index in [1.54, 1.807) is 0 Å². The first-order valence-electron chi connectivity index (χ1n) is 6.72. The van der Waals surface area contributed by atoms with Crippen LogP contribution in [0, 0.1) is 6.92 Å². The van der Waals surface area contributed by atoms with Gasteiger partial charge >= 0.3 is 0 Å². The summed E-state index contributed by atoms with van der Waals surface area (Å²) in [6, 6.07) is 0. The average Bonchev–Trinajstić information content (AvgIpc) is 2.30. The van der Waals surface area contributed by atoms with Crippen LogP contribution in [0.4, 0.5) is 5.82 Å². The summed E-state index contributed by atoms with van der Waals surface area (Å²) in [5.74, 6) is 1.41. The second-order valence-electron chi connectivity index (χ2n) is 5.89. The maximum atomic E-state index is 9.76. The Bertz CT molecular complexity index is 429. The summed E-state index contributed by atoms with van der Waals surface area (Å²) in [6.45, 7) is 10.5. The van der Waals surface area contributed by atoms with Crippen molar-refractivity contribution in [3.05, 3.63) is 16.5 Å². The molecule has 1 rings (SSSR count). The largest absolute Gasteiger partial charge is 0.391 e. The molecule has 0 aliphatic carbocycles. The average molecular weight is 286 g/mol. The minimum absolute atomic E-state index is 0.157. The number of aliphatic hydroxyl groups is 1. The van der Waals surface area contributed by atoms with E-state index >= 15 is 0 Å². The SMILES string of the molecule is CCCC(O)CNc1nc(C(C)(C)C)nc(Cl)c1C. The van der Waals surface area contributed by atoms with Gasteiger partial charge in [-0.3, -0.25) is 0 Å². The first-order chi connectivity index (χ1) is 8.75. The summed E-state index contributed by atoms with van der Waals surface area (Å²) in [5, 5.41) is 13.4. The smallest absolute Gasteiger partial charge is 0.137 e. The lowest BCUT2D eigenvalue weighted by Crippen LogP contribution is -2.22. The normalized spacial score (nSPS) is 13.4. The Labute approximate surface area is 120 Å². The van der Waals surface area contributed by atoms with Gasteiger partial charge in [0.15, 0.2) is 0 Å². The van der Waals surface area contributed by atoms with E-state index in [2.05, 4.69) is 15.3 Å². The lowest BCUT2D eigenvalue weighted by molar-refractivity contribution is 0.176. The van der Waals surface area contributed by atoms with Crippen molar-refractivity contribution in [1.29, 1.82) is 0 Å². The molecule has 2 N–H and O–H groups in total. The van der Waals surface area contributed by atoms with Gasteiger partial charge in [-0.05, 0) is 13.3 Å². The molecule has 0 aromatic carbocycles. The van der Waals surface area contributed by atoms with Crippen LogP contribution in [0.2, 0.25) is 5.15 Å². The lowest BCUT2D eigenvalue weighted by atomic mass is 9.95. The minimum Gasteiger partial charge on any atom is -0.391 e. The fraction of sp³-hybridized carbons (Fsp3) is 0.714. The Morgan fingerprint density at radius 2 is 1.95 bits per heavy atom. The quantitative estimate of drug-likeness (QED) is 0.815. The summed E-state index contributed by atoms with van der Waals surface area (Å²) in [4.78, 5) is 8.84. The zero-order valence-corrected chi connectivity index (χ0v) is 13.2. The van der Waals surface area contributed by atoms with Crippen molar-refractivity contribution in [3.8, 4) is 0 Å². The van der Waals surface area contributed by atoms with Gasteiger partial charge in [0.1, 0.15) is 16.8 Å². The molecule has 0 amide bonds. The van der Waals surface area contributed by atoms with Gasteiger partial charge in [0, 0.05) is 17.5 Å². The van der Waals surface area contributed by atoms with Crippen molar-refractivity contribution >= 4 is 17.4 Å². The first-order valence-corrected chi connectivity index (χ1v) is 7.10. The number of aliphatic hydroxyl groups excluding tert-OH is 1. The van der Waals surface area contributed by atoms with Crippen LogP contribution in [0.1, 0.15) is 51.9 Å². The number of aromatic nitrogens is 2. The Morgan fingerprint density at radius 1 is 1.32 bits per heavy atom. The number of hydrogen-bond acceptors (Lipinski definition) is 4. The second kappa shape index (κ2) is 6.53. The van der Waals surface area contributed by atoms with E-state index in [0.717, 1.165) is 18.4 Å². The fourth-order valence-corrected chi connectivity index (χ4v) is 1.82. The highest BCUT2D eigenvalue weighted by atomic mass is 35.5. The molecule has 1 aromatic heterocycles. The second-order valence-corrected chi connectivity index (χ2v) is 6.24. The molecule has 0 saturated carbocycles. The molecule has 0 spiro atoms. The zero-order valence-electron chi connectivity index (χ0n) is 12.4. The van der Waals surface area contributed by atoms with E-state index in [4.69, 9.17) is 11.6 Å². The van der Waals surface area contributed by atoms with Crippen molar-refractivity contribution in [1.82, 2.24) is 9.97 Å². The molecular formula is C14H24ClN3O. The van der Waals surface area contributed by atoms with Gasteiger partial charge in [-0.15, -0.1) is 0 Å². The number of nitrogens with zero attached hydrogens (tertiary/aromatic N) is 2. The summed E-state index contributed by atoms with van der Waals surface area (Å²) in [5.41, 5.74) is 0.661. The minimum atomic E-state index is -0.365. The molecule has 1 heterocycles. The summed E-state index contributed by atoms with van der Waals surface area (Å²) in [7, 11) is 0. The monoisotopic (exact) mass is 285 g/mol. The molecule has 0 saturated heterocycles. The van der Waals surface area contributed by atoms with Crippen LogP contribution in [0.5, 0.6) is 0 Å². The van der Waals surface area contributed by atoms with Crippen molar-refractivity contribution in [2.45, 2.75) is 59.0 Å². The van der Waals surface area contributed by atoms with Crippen LogP contribution < -0.4 is 5.32 Å². The predicted octanol–water partition coefficient (Wildman–Crippen LogP) is 3.31. The molecule has 1 unspecified atom stereocenters. The van der Waals surface area contributed by atoms with Crippen LogP contribution in [-0.2, 0) is 5.41 Å². The fourth-order valence-electron chi connectivity index (χ4n) is 1.65. The van der Waals surface area contributed by atoms with E-state index in [1.807, 2.05) is 34.6 Å². The molecule has 0 fully saturated rings. The van der Waals surface area contributed by atoms with Crippen molar-refractivity contribution in [2.75, 3.05) is 11.9 Å². The van der Waals surface area contributed by atoms with Crippen LogP contribution in [0.3, 0.4) is 0 Å². The van der Waals surface area contributed by atoms with Gasteiger partial charge in [0.25, 0.3) is 0 Å². The van der Waals surface area contributed by atoms with Gasteiger partial charge in [-0.2, -0.15) is 0 Å². The Balaban J connectivity index is 2.91. The third-order valence-electron chi connectivity index (χ3n) is 2.88. The molecule has 4 nitrogen and oxygen atoms in total. The Kier molecular flexibility index (Phi) is 5.56. The lowest BCUT2D eigenvalue weighted by Gasteiger charge is -2.20. The molecule has 5 heteroatoms. The van der Waals surface area contributed by atoms with Crippen molar-refractivity contribution in [3.63, 3.8) is 0 Å². The number of rotatable bonds is 5. The van der Waals surface area contributed by atoms with Crippen molar-refractivity contribution < 1.29 is 5.11 Å². The van der Waals surface area contributed by atoms with Gasteiger partial charge in [0.2, 0.25) is 0 Å². The highest BCUT2D eigenvalue weighted by Gasteiger charge is 2.20. The number of nitrogens with one attached hydrogen (secondary N) is 1. The Hall–Kier alpha value is -0.870.